The number of hydrogen-bond donors (Lipinski definition) is 2. The summed E-state index contributed by atoms with van der Waals surface area (Å²) < 4.78 is 0. The molecule has 0 spiro atoms. The summed E-state index contributed by atoms with van der Waals surface area (Å²) in [5.41, 5.74) is 0.296. The molecule has 0 rings (SSSR count). The van der Waals surface area contributed by atoms with E-state index >= 15 is 0 Å². The van der Waals surface area contributed by atoms with Crippen LogP contribution in [0, 0.1) is 0 Å². The van der Waals surface area contributed by atoms with E-state index in [0.29, 0.717) is 12.0 Å². The number of rotatable bonds is 5. The zero-order chi connectivity index (χ0) is 9.56. The summed E-state index contributed by atoms with van der Waals surface area (Å²) in [6.07, 6.45) is 3.24. The molecule has 0 saturated carbocycles. The molecule has 0 aliphatic carbocycles. The molecule has 0 aromatic rings. The fraction of sp³-hybridized carbons (Fsp3) is 0.667. The molecule has 0 aliphatic heterocycles. The zero-order valence-electron chi connectivity index (χ0n) is 7.58. The predicted molar refractivity (Wildman–Crippen MR) is 46.9 cm³/mol. The van der Waals surface area contributed by atoms with Gasteiger partial charge in [0.1, 0.15) is 0 Å². The molecule has 70 valence electrons. The van der Waals surface area contributed by atoms with Gasteiger partial charge in [-0.3, -0.25) is 0 Å². The van der Waals surface area contributed by atoms with Gasteiger partial charge in [0.15, 0.2) is 0 Å². The highest BCUT2D eigenvalue weighted by Gasteiger charge is 2.02. The molecule has 12 heavy (non-hydrogen) atoms. The van der Waals surface area contributed by atoms with E-state index in [4.69, 9.17) is 5.11 Å². The molecule has 0 aromatic heterocycles. The normalized spacial score (nSPS) is 14.4. The molecule has 0 aromatic carbocycles. The summed E-state index contributed by atoms with van der Waals surface area (Å²) in [5.74, 6) is -0.918. The van der Waals surface area contributed by atoms with E-state index in [2.05, 4.69) is 0 Å². The highest BCUT2D eigenvalue weighted by molar-refractivity contribution is 5.85. The average molecular weight is 172 g/mol. The lowest BCUT2D eigenvalue weighted by atomic mass is 10.1. The second-order valence-electron chi connectivity index (χ2n) is 2.87. The molecule has 0 bridgehead atoms. The number of carboxylic acids is 1. The topological polar surface area (TPSA) is 57.5 Å². The Kier molecular flexibility index (Phi) is 5.37. The smallest absolute Gasteiger partial charge is 0.330 e. The van der Waals surface area contributed by atoms with Gasteiger partial charge in [-0.1, -0.05) is 19.4 Å². The van der Waals surface area contributed by atoms with Crippen molar-refractivity contribution in [2.24, 2.45) is 0 Å². The SMILES string of the molecule is CCCC(O)C/C=C(\C)C(=O)O. The average Bonchev–Trinajstić information content (AvgIpc) is 2.00. The van der Waals surface area contributed by atoms with Gasteiger partial charge in [-0.05, 0) is 19.8 Å². The predicted octanol–water partition coefficient (Wildman–Crippen LogP) is 1.57. The van der Waals surface area contributed by atoms with Crippen LogP contribution in [0.25, 0.3) is 0 Å². The number of carbonyl (C=O) groups is 1. The Morgan fingerprint density at radius 2 is 2.17 bits per heavy atom. The molecule has 0 radical (unpaired) electrons. The van der Waals surface area contributed by atoms with Crippen molar-refractivity contribution < 1.29 is 15.0 Å². The standard InChI is InChI=1S/C9H16O3/c1-3-4-8(10)6-5-7(2)9(11)12/h5,8,10H,3-4,6H2,1-2H3,(H,11,12)/b7-5+. The fourth-order valence-corrected chi connectivity index (χ4v) is 0.851. The van der Waals surface area contributed by atoms with Crippen molar-refractivity contribution in [2.45, 2.75) is 39.2 Å². The first kappa shape index (κ1) is 11.2. The molecule has 0 heterocycles. The first-order valence-corrected chi connectivity index (χ1v) is 4.16. The minimum atomic E-state index is -0.918. The van der Waals surface area contributed by atoms with E-state index in [1.807, 2.05) is 6.92 Å². The van der Waals surface area contributed by atoms with Crippen molar-refractivity contribution in [2.75, 3.05) is 0 Å². The van der Waals surface area contributed by atoms with Crippen molar-refractivity contribution in [1.29, 1.82) is 0 Å². The van der Waals surface area contributed by atoms with Gasteiger partial charge in [-0.25, -0.2) is 4.79 Å². The van der Waals surface area contributed by atoms with Crippen LogP contribution in [0.4, 0.5) is 0 Å². The van der Waals surface area contributed by atoms with Gasteiger partial charge in [0.05, 0.1) is 6.10 Å². The van der Waals surface area contributed by atoms with Crippen molar-refractivity contribution in [3.63, 3.8) is 0 Å². The van der Waals surface area contributed by atoms with Crippen LogP contribution >= 0.6 is 0 Å². The summed E-state index contributed by atoms with van der Waals surface area (Å²) in [5, 5.41) is 17.7. The van der Waals surface area contributed by atoms with Gasteiger partial charge >= 0.3 is 5.97 Å². The monoisotopic (exact) mass is 172 g/mol. The molecule has 0 saturated heterocycles. The molecular formula is C9H16O3. The van der Waals surface area contributed by atoms with Crippen molar-refractivity contribution in [3.05, 3.63) is 11.6 Å². The third-order valence-electron chi connectivity index (χ3n) is 1.66. The van der Waals surface area contributed by atoms with Crippen LogP contribution in [-0.4, -0.2) is 22.3 Å². The van der Waals surface area contributed by atoms with Gasteiger partial charge in [0.2, 0.25) is 0 Å². The lowest BCUT2D eigenvalue weighted by Crippen LogP contribution is -2.05. The summed E-state index contributed by atoms with van der Waals surface area (Å²) >= 11 is 0. The molecule has 2 N–H and O–H groups in total. The van der Waals surface area contributed by atoms with Gasteiger partial charge in [-0.2, -0.15) is 0 Å². The molecule has 1 unspecified atom stereocenters. The molecule has 0 aliphatic rings. The number of hydrogen-bond acceptors (Lipinski definition) is 2. The number of carboxylic acid groups (broad SMARTS) is 1. The maximum absolute atomic E-state index is 10.3. The Hall–Kier alpha value is -0.830. The Morgan fingerprint density at radius 3 is 2.58 bits per heavy atom. The minimum Gasteiger partial charge on any atom is -0.478 e. The van der Waals surface area contributed by atoms with E-state index in [1.165, 1.54) is 6.92 Å². The van der Waals surface area contributed by atoms with Crippen LogP contribution in [0.5, 0.6) is 0 Å². The molecule has 1 atom stereocenters. The van der Waals surface area contributed by atoms with Crippen molar-refractivity contribution >= 4 is 5.97 Å². The van der Waals surface area contributed by atoms with Crippen LogP contribution in [0.15, 0.2) is 11.6 Å². The first-order chi connectivity index (χ1) is 5.57. The second kappa shape index (κ2) is 5.77. The third kappa shape index (κ3) is 4.91. The molecule has 0 fully saturated rings. The van der Waals surface area contributed by atoms with Crippen LogP contribution in [0.3, 0.4) is 0 Å². The summed E-state index contributed by atoms with van der Waals surface area (Å²) in [6.45, 7) is 3.51. The number of aliphatic hydroxyl groups is 1. The van der Waals surface area contributed by atoms with E-state index in [-0.39, 0.29) is 0 Å². The number of aliphatic hydroxyl groups excluding tert-OH is 1. The first-order valence-electron chi connectivity index (χ1n) is 4.16. The van der Waals surface area contributed by atoms with Crippen molar-refractivity contribution in [3.8, 4) is 0 Å². The van der Waals surface area contributed by atoms with Gasteiger partial charge in [0.25, 0.3) is 0 Å². The summed E-state index contributed by atoms with van der Waals surface area (Å²) in [4.78, 5) is 10.3. The van der Waals surface area contributed by atoms with Crippen LogP contribution in [0.1, 0.15) is 33.1 Å². The lowest BCUT2D eigenvalue weighted by Gasteiger charge is -2.04. The molecule has 3 heteroatoms. The van der Waals surface area contributed by atoms with Crippen LogP contribution < -0.4 is 0 Å². The molecular weight excluding hydrogens is 156 g/mol. The van der Waals surface area contributed by atoms with Crippen LogP contribution in [-0.2, 0) is 4.79 Å². The van der Waals surface area contributed by atoms with E-state index in [0.717, 1.165) is 12.8 Å². The number of aliphatic carboxylic acids is 1. The fourth-order valence-electron chi connectivity index (χ4n) is 0.851. The highest BCUT2D eigenvalue weighted by Crippen LogP contribution is 2.04. The van der Waals surface area contributed by atoms with Gasteiger partial charge < -0.3 is 10.2 Å². The molecule has 3 nitrogen and oxygen atoms in total. The van der Waals surface area contributed by atoms with Gasteiger partial charge in [-0.15, -0.1) is 0 Å². The van der Waals surface area contributed by atoms with E-state index in [1.54, 1.807) is 6.08 Å². The maximum atomic E-state index is 10.3. The Balaban J connectivity index is 3.79. The minimum absolute atomic E-state index is 0.296. The lowest BCUT2D eigenvalue weighted by molar-refractivity contribution is -0.132. The highest BCUT2D eigenvalue weighted by atomic mass is 16.4. The second-order valence-corrected chi connectivity index (χ2v) is 2.87. The Morgan fingerprint density at radius 1 is 1.58 bits per heavy atom. The summed E-state index contributed by atoms with van der Waals surface area (Å²) in [7, 11) is 0. The van der Waals surface area contributed by atoms with E-state index in [9.17, 15) is 9.90 Å². The molecule has 0 amide bonds. The van der Waals surface area contributed by atoms with Gasteiger partial charge in [0, 0.05) is 5.57 Å². The largest absolute Gasteiger partial charge is 0.478 e. The zero-order valence-corrected chi connectivity index (χ0v) is 7.58. The third-order valence-corrected chi connectivity index (χ3v) is 1.66. The van der Waals surface area contributed by atoms with Crippen LogP contribution in [0.2, 0.25) is 0 Å². The quantitative estimate of drug-likeness (QED) is 0.619. The summed E-state index contributed by atoms with van der Waals surface area (Å²) in [6, 6.07) is 0. The Labute approximate surface area is 72.7 Å². The maximum Gasteiger partial charge on any atom is 0.330 e. The Bertz CT molecular complexity index is 173. The van der Waals surface area contributed by atoms with E-state index < -0.39 is 12.1 Å². The van der Waals surface area contributed by atoms with Crippen molar-refractivity contribution in [1.82, 2.24) is 0 Å².